The molecule has 0 aliphatic carbocycles. The fourth-order valence-corrected chi connectivity index (χ4v) is 4.01. The molecule has 0 aliphatic rings. The van der Waals surface area contributed by atoms with E-state index in [2.05, 4.69) is 68.7 Å². The van der Waals surface area contributed by atoms with E-state index in [0.717, 1.165) is 10.2 Å². The molecular weight excluding hydrogens is 379 g/mol. The topological polar surface area (TPSA) is 0 Å². The van der Waals surface area contributed by atoms with Crippen molar-refractivity contribution in [2.24, 2.45) is 0 Å². The van der Waals surface area contributed by atoms with Crippen molar-refractivity contribution in [3.05, 3.63) is 26.6 Å². The summed E-state index contributed by atoms with van der Waals surface area (Å²) in [7, 11) is 0. The predicted octanol–water partition coefficient (Wildman–Crippen LogP) is 4.69. The number of hydrogen-bond acceptors (Lipinski definition) is 2. The zero-order valence-corrected chi connectivity index (χ0v) is 12.0. The van der Waals surface area contributed by atoms with Gasteiger partial charge < -0.3 is 0 Å². The van der Waals surface area contributed by atoms with Gasteiger partial charge >= 0.3 is 0 Å². The number of hydrogen-bond donors (Lipinski definition) is 1. The lowest BCUT2D eigenvalue weighted by Gasteiger charge is -1.98. The first kappa shape index (κ1) is 10.3. The van der Waals surface area contributed by atoms with Gasteiger partial charge in [0, 0.05) is 18.5 Å². The second kappa shape index (κ2) is 4.08. The van der Waals surface area contributed by atoms with Gasteiger partial charge in [0.1, 0.15) is 0 Å². The number of thiophene rings is 1. The summed E-state index contributed by atoms with van der Waals surface area (Å²) >= 11 is 12.0. The summed E-state index contributed by atoms with van der Waals surface area (Å²) in [5, 5.41) is 4.48. The smallest absolute Gasteiger partial charge is 0.0490 e. The monoisotopic (exact) mass is 384 g/mol. The van der Waals surface area contributed by atoms with Crippen LogP contribution in [0.25, 0.3) is 10.1 Å². The average molecular weight is 385 g/mol. The quantitative estimate of drug-likeness (QED) is 0.411. The molecule has 13 heavy (non-hydrogen) atoms. The molecule has 0 radical (unpaired) electrons. The largest absolute Gasteiger partial charge is 0.142 e. The molecule has 0 fully saturated rings. The Morgan fingerprint density at radius 3 is 2.92 bits per heavy atom. The Labute approximate surface area is 108 Å². The standard InChI is InChI=1S/C9H6BrIS2/c10-3-5-4-13-9-6(5)1-2-7(12)8(9)11/h1-2,4,12H,3H2. The molecule has 0 amide bonds. The maximum absolute atomic E-state index is 4.40. The van der Waals surface area contributed by atoms with E-state index >= 15 is 0 Å². The fourth-order valence-electron chi connectivity index (χ4n) is 1.21. The molecule has 0 atom stereocenters. The lowest BCUT2D eigenvalue weighted by molar-refractivity contribution is 1.46. The van der Waals surface area contributed by atoms with Gasteiger partial charge in [0.25, 0.3) is 0 Å². The highest BCUT2D eigenvalue weighted by Gasteiger charge is 2.07. The second-order valence-electron chi connectivity index (χ2n) is 2.67. The molecule has 0 bridgehead atoms. The highest BCUT2D eigenvalue weighted by atomic mass is 127. The van der Waals surface area contributed by atoms with E-state index in [-0.39, 0.29) is 0 Å². The molecule has 68 valence electrons. The van der Waals surface area contributed by atoms with Crippen LogP contribution in [0.1, 0.15) is 5.56 Å². The summed E-state index contributed by atoms with van der Waals surface area (Å²) in [6, 6.07) is 4.21. The third-order valence-corrected chi connectivity index (χ3v) is 5.84. The summed E-state index contributed by atoms with van der Waals surface area (Å²) in [6.45, 7) is 0. The number of benzene rings is 1. The van der Waals surface area contributed by atoms with Gasteiger partial charge in [0.2, 0.25) is 0 Å². The van der Waals surface area contributed by atoms with Crippen LogP contribution in [0, 0.1) is 3.57 Å². The van der Waals surface area contributed by atoms with Crippen molar-refractivity contribution in [1.82, 2.24) is 0 Å². The molecule has 2 rings (SSSR count). The predicted molar refractivity (Wildman–Crippen MR) is 74.4 cm³/mol. The average Bonchev–Trinajstić information content (AvgIpc) is 2.55. The Morgan fingerprint density at radius 2 is 2.23 bits per heavy atom. The molecule has 1 aromatic heterocycles. The molecule has 1 heterocycles. The Hall–Kier alpha value is 0.740. The minimum atomic E-state index is 0.926. The third kappa shape index (κ3) is 1.78. The molecule has 0 saturated carbocycles. The van der Waals surface area contributed by atoms with Gasteiger partial charge in [0.05, 0.1) is 0 Å². The highest BCUT2D eigenvalue weighted by Crippen LogP contribution is 2.34. The first-order valence-corrected chi connectivity index (χ1v) is 7.20. The third-order valence-electron chi connectivity index (χ3n) is 1.89. The maximum atomic E-state index is 4.40. The minimum Gasteiger partial charge on any atom is -0.142 e. The minimum absolute atomic E-state index is 0.926. The number of halogens is 2. The molecule has 1 aromatic carbocycles. The van der Waals surface area contributed by atoms with Crippen LogP contribution >= 0.6 is 62.5 Å². The molecule has 4 heteroatoms. The van der Waals surface area contributed by atoms with Crippen LogP contribution in [0.15, 0.2) is 22.4 Å². The van der Waals surface area contributed by atoms with Crippen molar-refractivity contribution < 1.29 is 0 Å². The Kier molecular flexibility index (Phi) is 3.22. The van der Waals surface area contributed by atoms with E-state index in [1.165, 1.54) is 19.2 Å². The van der Waals surface area contributed by atoms with Crippen molar-refractivity contribution in [2.45, 2.75) is 10.2 Å². The zero-order valence-electron chi connectivity index (χ0n) is 6.55. The number of fused-ring (bicyclic) bond motifs is 1. The zero-order chi connectivity index (χ0) is 9.42. The van der Waals surface area contributed by atoms with Gasteiger partial charge in [0.15, 0.2) is 0 Å². The normalized spacial score (nSPS) is 11.0. The van der Waals surface area contributed by atoms with Crippen LogP contribution in [0.2, 0.25) is 0 Å². The summed E-state index contributed by atoms with van der Waals surface area (Å²) in [4.78, 5) is 1.07. The van der Waals surface area contributed by atoms with Crippen LogP contribution in [-0.4, -0.2) is 0 Å². The van der Waals surface area contributed by atoms with Crippen molar-refractivity contribution in [3.63, 3.8) is 0 Å². The molecular formula is C9H6BrIS2. The van der Waals surface area contributed by atoms with Crippen LogP contribution < -0.4 is 0 Å². The number of rotatable bonds is 1. The van der Waals surface area contributed by atoms with Crippen LogP contribution in [-0.2, 0) is 5.33 Å². The second-order valence-corrected chi connectivity index (χ2v) is 5.67. The van der Waals surface area contributed by atoms with Crippen molar-refractivity contribution in [2.75, 3.05) is 0 Å². The van der Waals surface area contributed by atoms with Crippen molar-refractivity contribution in [3.8, 4) is 0 Å². The first-order valence-electron chi connectivity index (χ1n) is 3.67. The lowest BCUT2D eigenvalue weighted by Crippen LogP contribution is -1.77. The summed E-state index contributed by atoms with van der Waals surface area (Å²) in [6.07, 6.45) is 0. The van der Waals surface area contributed by atoms with Gasteiger partial charge in [-0.15, -0.1) is 24.0 Å². The van der Waals surface area contributed by atoms with Gasteiger partial charge in [-0.25, -0.2) is 0 Å². The highest BCUT2D eigenvalue weighted by molar-refractivity contribution is 14.1. The maximum Gasteiger partial charge on any atom is 0.0490 e. The van der Waals surface area contributed by atoms with E-state index in [1.807, 2.05) is 0 Å². The lowest BCUT2D eigenvalue weighted by atomic mass is 10.2. The van der Waals surface area contributed by atoms with Crippen molar-refractivity contribution in [1.29, 1.82) is 0 Å². The van der Waals surface area contributed by atoms with Gasteiger partial charge in [-0.1, -0.05) is 22.0 Å². The van der Waals surface area contributed by atoms with E-state index < -0.39 is 0 Å². The number of alkyl halides is 1. The van der Waals surface area contributed by atoms with Crippen molar-refractivity contribution >= 4 is 72.6 Å². The molecule has 0 unspecified atom stereocenters. The van der Waals surface area contributed by atoms with Crippen LogP contribution in [0.5, 0.6) is 0 Å². The van der Waals surface area contributed by atoms with Gasteiger partial charge in [-0.3, -0.25) is 0 Å². The van der Waals surface area contributed by atoms with Gasteiger partial charge in [-0.05, 0) is 45.0 Å². The van der Waals surface area contributed by atoms with Crippen LogP contribution in [0.3, 0.4) is 0 Å². The van der Waals surface area contributed by atoms with Crippen LogP contribution in [0.4, 0.5) is 0 Å². The fraction of sp³-hybridized carbons (Fsp3) is 0.111. The molecule has 0 aliphatic heterocycles. The summed E-state index contributed by atoms with van der Waals surface area (Å²) < 4.78 is 2.61. The molecule has 0 spiro atoms. The van der Waals surface area contributed by atoms with E-state index in [0.29, 0.717) is 0 Å². The Balaban J connectivity index is 2.81. The molecule has 2 aromatic rings. The van der Waals surface area contributed by atoms with E-state index in [4.69, 9.17) is 0 Å². The SMILES string of the molecule is Sc1ccc2c(CBr)csc2c1I. The van der Waals surface area contributed by atoms with Gasteiger partial charge in [-0.2, -0.15) is 0 Å². The summed E-state index contributed by atoms with van der Waals surface area (Å²) in [5.41, 5.74) is 1.37. The Morgan fingerprint density at radius 1 is 1.46 bits per heavy atom. The molecule has 0 N–H and O–H groups in total. The number of thiol groups is 1. The van der Waals surface area contributed by atoms with E-state index in [1.54, 1.807) is 11.3 Å². The summed E-state index contributed by atoms with van der Waals surface area (Å²) in [5.74, 6) is 0. The van der Waals surface area contributed by atoms with E-state index in [9.17, 15) is 0 Å². The first-order chi connectivity index (χ1) is 6.24. The molecule has 0 nitrogen and oxygen atoms in total. The molecule has 0 saturated heterocycles. The Bertz CT molecular complexity index is 450.